The Labute approximate surface area is 157 Å². The van der Waals surface area contributed by atoms with Crippen LogP contribution >= 0.6 is 0 Å². The van der Waals surface area contributed by atoms with Crippen LogP contribution in [0.1, 0.15) is 60.7 Å². The summed E-state index contributed by atoms with van der Waals surface area (Å²) >= 11 is 0. The average molecular weight is 366 g/mol. The zero-order valence-corrected chi connectivity index (χ0v) is 15.3. The van der Waals surface area contributed by atoms with Gasteiger partial charge in [-0.2, -0.15) is 10.1 Å². The number of hydrogen-bond acceptors (Lipinski definition) is 5. The second kappa shape index (κ2) is 7.32. The van der Waals surface area contributed by atoms with Crippen LogP contribution in [0.4, 0.5) is 5.95 Å². The summed E-state index contributed by atoms with van der Waals surface area (Å²) in [6, 6.07) is 11.4. The molecule has 2 N–H and O–H groups in total. The number of benzene rings is 1. The Morgan fingerprint density at radius 3 is 2.85 bits per heavy atom. The van der Waals surface area contributed by atoms with Crippen LogP contribution in [0.25, 0.3) is 5.69 Å². The van der Waals surface area contributed by atoms with Gasteiger partial charge in [0.2, 0.25) is 5.95 Å². The maximum absolute atomic E-state index is 12.9. The minimum Gasteiger partial charge on any atom is -0.370 e. The number of ether oxygens (including phenoxy) is 1. The molecule has 140 valence electrons. The molecule has 0 aliphatic carbocycles. The van der Waals surface area contributed by atoms with Gasteiger partial charge in [0.25, 0.3) is 5.91 Å². The smallest absolute Gasteiger partial charge is 0.276 e. The molecule has 3 aromatic rings. The number of para-hydroxylation sites is 1. The van der Waals surface area contributed by atoms with E-state index in [9.17, 15) is 4.79 Å². The first-order valence-electron chi connectivity index (χ1n) is 9.12. The van der Waals surface area contributed by atoms with E-state index in [0.717, 1.165) is 30.8 Å². The van der Waals surface area contributed by atoms with Crippen molar-refractivity contribution in [3.8, 4) is 5.69 Å². The topological polar surface area (TPSA) is 97.7 Å². The molecule has 2 aromatic heterocycles. The molecule has 0 saturated carbocycles. The van der Waals surface area contributed by atoms with Crippen LogP contribution in [-0.4, -0.2) is 37.5 Å². The van der Waals surface area contributed by atoms with Gasteiger partial charge in [-0.25, -0.2) is 4.68 Å². The van der Waals surface area contributed by atoms with Crippen LogP contribution < -0.4 is 5.32 Å². The lowest BCUT2D eigenvalue weighted by Crippen LogP contribution is -2.17. The van der Waals surface area contributed by atoms with Gasteiger partial charge >= 0.3 is 0 Å². The fraction of sp³-hybridized carbons (Fsp3) is 0.368. The molecular formula is C19H22N6O2. The van der Waals surface area contributed by atoms with Gasteiger partial charge in [-0.1, -0.05) is 32.0 Å². The summed E-state index contributed by atoms with van der Waals surface area (Å²) in [6.07, 6.45) is 1.83. The summed E-state index contributed by atoms with van der Waals surface area (Å²) in [5.41, 5.74) is 2.11. The van der Waals surface area contributed by atoms with Crippen molar-refractivity contribution < 1.29 is 9.53 Å². The van der Waals surface area contributed by atoms with E-state index in [2.05, 4.69) is 25.6 Å². The molecule has 1 aliphatic rings. The van der Waals surface area contributed by atoms with E-state index in [-0.39, 0.29) is 23.9 Å². The van der Waals surface area contributed by atoms with Crippen LogP contribution in [0.2, 0.25) is 0 Å². The summed E-state index contributed by atoms with van der Waals surface area (Å²) in [4.78, 5) is 17.2. The molecule has 0 bridgehead atoms. The molecule has 8 heteroatoms. The zero-order chi connectivity index (χ0) is 18.8. The molecule has 4 rings (SSSR count). The van der Waals surface area contributed by atoms with Gasteiger partial charge in [-0.15, -0.1) is 5.10 Å². The number of H-pyrrole nitrogens is 1. The van der Waals surface area contributed by atoms with Gasteiger partial charge < -0.3 is 4.74 Å². The molecule has 27 heavy (non-hydrogen) atoms. The number of amides is 1. The van der Waals surface area contributed by atoms with Crippen molar-refractivity contribution >= 4 is 11.9 Å². The van der Waals surface area contributed by atoms with Crippen LogP contribution in [-0.2, 0) is 4.74 Å². The fourth-order valence-corrected chi connectivity index (χ4v) is 3.04. The molecular weight excluding hydrogens is 344 g/mol. The molecule has 1 fully saturated rings. The number of carbonyl (C=O) groups is 1. The van der Waals surface area contributed by atoms with Crippen LogP contribution in [0.5, 0.6) is 0 Å². The van der Waals surface area contributed by atoms with Crippen molar-refractivity contribution in [1.29, 1.82) is 0 Å². The van der Waals surface area contributed by atoms with Crippen LogP contribution in [0, 0.1) is 0 Å². The first kappa shape index (κ1) is 17.4. The maximum atomic E-state index is 12.9. The van der Waals surface area contributed by atoms with E-state index in [1.165, 1.54) is 0 Å². The highest BCUT2D eigenvalue weighted by Gasteiger charge is 2.23. The minimum absolute atomic E-state index is 0.0782. The number of hydrogen-bond donors (Lipinski definition) is 2. The fourth-order valence-electron chi connectivity index (χ4n) is 3.04. The Kier molecular flexibility index (Phi) is 4.72. The summed E-state index contributed by atoms with van der Waals surface area (Å²) in [7, 11) is 0. The zero-order valence-electron chi connectivity index (χ0n) is 15.3. The molecule has 8 nitrogen and oxygen atoms in total. The highest BCUT2D eigenvalue weighted by Crippen LogP contribution is 2.26. The van der Waals surface area contributed by atoms with Gasteiger partial charge in [0.1, 0.15) is 11.8 Å². The third-order valence-electron chi connectivity index (χ3n) is 4.52. The molecule has 1 aliphatic heterocycles. The second-order valence-electron chi connectivity index (χ2n) is 6.86. The number of rotatable bonds is 5. The van der Waals surface area contributed by atoms with Crippen molar-refractivity contribution in [2.24, 2.45) is 0 Å². The molecule has 3 heterocycles. The average Bonchev–Trinajstić information content (AvgIpc) is 3.42. The van der Waals surface area contributed by atoms with E-state index >= 15 is 0 Å². The molecule has 0 spiro atoms. The predicted octanol–water partition coefficient (Wildman–Crippen LogP) is 3.22. The Morgan fingerprint density at radius 2 is 2.15 bits per heavy atom. The lowest BCUT2D eigenvalue weighted by molar-refractivity contribution is 0.101. The van der Waals surface area contributed by atoms with Crippen LogP contribution in [0.15, 0.2) is 36.4 Å². The van der Waals surface area contributed by atoms with Gasteiger partial charge in [0, 0.05) is 6.61 Å². The third-order valence-corrected chi connectivity index (χ3v) is 4.52. The number of aromatic nitrogens is 5. The largest absolute Gasteiger partial charge is 0.370 e. The van der Waals surface area contributed by atoms with Gasteiger partial charge in [-0.05, 0) is 37.0 Å². The molecule has 1 aromatic carbocycles. The highest BCUT2D eigenvalue weighted by atomic mass is 16.5. The number of nitrogens with zero attached hydrogens (tertiary/aromatic N) is 4. The molecule has 1 saturated heterocycles. The first-order chi connectivity index (χ1) is 13.1. The normalized spacial score (nSPS) is 16.8. The first-order valence-corrected chi connectivity index (χ1v) is 9.12. The van der Waals surface area contributed by atoms with Crippen molar-refractivity contribution in [3.05, 3.63) is 53.6 Å². The number of nitrogens with one attached hydrogen (secondary N) is 2. The van der Waals surface area contributed by atoms with Crippen molar-refractivity contribution in [1.82, 2.24) is 25.0 Å². The van der Waals surface area contributed by atoms with Crippen molar-refractivity contribution in [3.63, 3.8) is 0 Å². The third kappa shape index (κ3) is 3.61. The quantitative estimate of drug-likeness (QED) is 0.722. The molecule has 0 radical (unpaired) electrons. The lowest BCUT2D eigenvalue weighted by atomic mass is 10.1. The predicted molar refractivity (Wildman–Crippen MR) is 99.9 cm³/mol. The number of anilines is 1. The SMILES string of the molecule is CC(C)c1cc(C(=O)Nc2n[nH]c(C3CCCO3)n2)n(-c2ccccc2)n1. The van der Waals surface area contributed by atoms with Gasteiger partial charge in [-0.3, -0.25) is 15.2 Å². The van der Waals surface area contributed by atoms with Gasteiger partial charge in [0.05, 0.1) is 11.4 Å². The molecule has 1 amide bonds. The molecule has 1 unspecified atom stereocenters. The van der Waals surface area contributed by atoms with Crippen molar-refractivity contribution in [2.45, 2.75) is 38.7 Å². The standard InChI is InChI=1S/C19H22N6O2/c1-12(2)14-11-15(25(24-14)13-7-4-3-5-8-13)18(26)21-19-20-17(22-23-19)16-9-6-10-27-16/h3-5,7-8,11-12,16H,6,9-10H2,1-2H3,(H2,20,21,22,23,26). The summed E-state index contributed by atoms with van der Waals surface area (Å²) in [6.45, 7) is 4.81. The van der Waals surface area contributed by atoms with E-state index in [1.807, 2.05) is 44.2 Å². The molecule has 1 atom stereocenters. The van der Waals surface area contributed by atoms with Crippen LogP contribution in [0.3, 0.4) is 0 Å². The van der Waals surface area contributed by atoms with E-state index in [4.69, 9.17) is 4.74 Å². The number of aromatic amines is 1. The summed E-state index contributed by atoms with van der Waals surface area (Å²) in [5, 5.41) is 14.3. The summed E-state index contributed by atoms with van der Waals surface area (Å²) in [5.74, 6) is 0.770. The monoisotopic (exact) mass is 366 g/mol. The van der Waals surface area contributed by atoms with E-state index in [0.29, 0.717) is 11.5 Å². The maximum Gasteiger partial charge on any atom is 0.276 e. The van der Waals surface area contributed by atoms with Gasteiger partial charge in [0.15, 0.2) is 5.82 Å². The minimum atomic E-state index is -0.309. The highest BCUT2D eigenvalue weighted by molar-refractivity contribution is 6.02. The van der Waals surface area contributed by atoms with E-state index in [1.54, 1.807) is 10.7 Å². The second-order valence-corrected chi connectivity index (χ2v) is 6.86. The van der Waals surface area contributed by atoms with Crippen molar-refractivity contribution in [2.75, 3.05) is 11.9 Å². The summed E-state index contributed by atoms with van der Waals surface area (Å²) < 4.78 is 7.24. The Hall–Kier alpha value is -3.00. The Bertz CT molecular complexity index is 925. The Morgan fingerprint density at radius 1 is 1.33 bits per heavy atom. The lowest BCUT2D eigenvalue weighted by Gasteiger charge is -2.06. The van der Waals surface area contributed by atoms with E-state index < -0.39 is 0 Å². The number of carbonyl (C=O) groups excluding carboxylic acids is 1. The Balaban J connectivity index is 1.59.